The molecule has 20 heteroatoms. The van der Waals surface area contributed by atoms with Crippen molar-refractivity contribution in [2.45, 2.75) is 64.2 Å². The van der Waals surface area contributed by atoms with Crippen molar-refractivity contribution in [1.82, 2.24) is 25.8 Å². The lowest BCUT2D eigenvalue weighted by atomic mass is 10.0. The lowest BCUT2D eigenvalue weighted by Crippen LogP contribution is -2.51. The summed E-state index contributed by atoms with van der Waals surface area (Å²) in [6.07, 6.45) is -8.92. The van der Waals surface area contributed by atoms with Gasteiger partial charge in [-0.05, 0) is 61.6 Å². The van der Waals surface area contributed by atoms with E-state index in [2.05, 4.69) is 20.9 Å². The molecule has 2 atom stereocenters. The van der Waals surface area contributed by atoms with Gasteiger partial charge in [0.2, 0.25) is 11.8 Å². The average molecular weight is 801 g/mol. The van der Waals surface area contributed by atoms with Crippen LogP contribution >= 0.6 is 0 Å². The van der Waals surface area contributed by atoms with Gasteiger partial charge in [0.15, 0.2) is 0 Å². The van der Waals surface area contributed by atoms with Crippen molar-refractivity contribution in [3.63, 3.8) is 0 Å². The Hall–Kier alpha value is -5.76. The van der Waals surface area contributed by atoms with Crippen LogP contribution in [0, 0.1) is 6.92 Å². The van der Waals surface area contributed by atoms with E-state index in [1.807, 2.05) is 67.6 Å². The fraction of sp³-hybridized carbons (Fsp3) is 0.389. The molecule has 1 aromatic heterocycles. The zero-order valence-corrected chi connectivity index (χ0v) is 30.2. The maximum absolute atomic E-state index is 13.3. The Morgan fingerprint density at radius 1 is 0.821 bits per heavy atom. The Morgan fingerprint density at radius 2 is 1.38 bits per heavy atom. The normalized spacial score (nSPS) is 13.8. The van der Waals surface area contributed by atoms with E-state index in [-0.39, 0.29) is 24.3 Å². The van der Waals surface area contributed by atoms with Gasteiger partial charge in [-0.25, -0.2) is 14.6 Å². The quantitative estimate of drug-likeness (QED) is 0.146. The number of nitrogens with zero attached hydrogens (tertiary/aromatic N) is 2. The molecule has 4 rings (SSSR count). The molecule has 2 heterocycles. The molecule has 3 amide bonds. The molecule has 2 aromatic carbocycles. The number of aromatic nitrogens is 1. The number of halogens is 6. The van der Waals surface area contributed by atoms with Crippen LogP contribution < -0.4 is 21.7 Å². The van der Waals surface area contributed by atoms with Gasteiger partial charge in [0.1, 0.15) is 11.9 Å². The Morgan fingerprint density at radius 3 is 1.89 bits per heavy atom. The highest BCUT2D eigenvalue weighted by atomic mass is 19.4. The van der Waals surface area contributed by atoms with Crippen LogP contribution in [0.15, 0.2) is 66.7 Å². The molecule has 1 saturated heterocycles. The first-order valence-corrected chi connectivity index (χ1v) is 16.8. The second kappa shape index (κ2) is 22.0. The third-order valence-corrected chi connectivity index (χ3v) is 7.84. The highest BCUT2D eigenvalue weighted by Crippen LogP contribution is 2.15. The van der Waals surface area contributed by atoms with Gasteiger partial charge in [0.25, 0.3) is 5.91 Å². The van der Waals surface area contributed by atoms with Crippen molar-refractivity contribution >= 4 is 35.5 Å². The monoisotopic (exact) mass is 800 g/mol. The highest BCUT2D eigenvalue weighted by Gasteiger charge is 2.39. The Bertz CT molecular complexity index is 1730. The summed E-state index contributed by atoms with van der Waals surface area (Å²) < 4.78 is 68.8. The summed E-state index contributed by atoms with van der Waals surface area (Å²) in [7, 11) is 0. The van der Waals surface area contributed by atoms with E-state index < -0.39 is 36.4 Å². The number of nitrogens with one attached hydrogen (secondary N) is 3. The fourth-order valence-corrected chi connectivity index (χ4v) is 4.75. The molecular formula is C36H42F6N6O8. The third kappa shape index (κ3) is 16.7. The van der Waals surface area contributed by atoms with Gasteiger partial charge >= 0.3 is 24.3 Å². The number of pyridine rings is 1. The number of carbonyl (C=O) groups excluding carboxylic acids is 3. The van der Waals surface area contributed by atoms with Crippen LogP contribution in [0.2, 0.25) is 0 Å². The van der Waals surface area contributed by atoms with Gasteiger partial charge in [0, 0.05) is 37.4 Å². The maximum atomic E-state index is 13.3. The molecule has 3 aromatic rings. The number of aliphatic carboxylic acids is 2. The molecule has 0 aliphatic carbocycles. The van der Waals surface area contributed by atoms with Gasteiger partial charge in [-0.3, -0.25) is 14.4 Å². The summed E-state index contributed by atoms with van der Waals surface area (Å²) in [6.45, 7) is 6.52. The van der Waals surface area contributed by atoms with E-state index in [0.717, 1.165) is 22.4 Å². The number of benzene rings is 2. The second-order valence-corrected chi connectivity index (χ2v) is 12.1. The van der Waals surface area contributed by atoms with Crippen LogP contribution in [0.1, 0.15) is 46.1 Å². The summed E-state index contributed by atoms with van der Waals surface area (Å²) in [6, 6.07) is 19.7. The minimum absolute atomic E-state index is 0.00647. The number of anilines is 1. The molecule has 56 heavy (non-hydrogen) atoms. The Balaban J connectivity index is 0.000000657. The van der Waals surface area contributed by atoms with Crippen molar-refractivity contribution in [3.8, 4) is 0 Å². The molecule has 1 aliphatic rings. The number of morpholine rings is 1. The van der Waals surface area contributed by atoms with Crippen LogP contribution in [0.3, 0.4) is 0 Å². The molecule has 0 radical (unpaired) electrons. The molecule has 1 aliphatic heterocycles. The minimum atomic E-state index is -5.08. The molecule has 0 saturated carbocycles. The van der Waals surface area contributed by atoms with E-state index in [9.17, 15) is 40.7 Å². The molecule has 306 valence electrons. The molecule has 7 N–H and O–H groups in total. The number of amides is 3. The minimum Gasteiger partial charge on any atom is -0.475 e. The van der Waals surface area contributed by atoms with Crippen molar-refractivity contribution in [3.05, 3.63) is 94.7 Å². The van der Waals surface area contributed by atoms with Gasteiger partial charge in [-0.2, -0.15) is 26.3 Å². The first-order valence-electron chi connectivity index (χ1n) is 16.8. The lowest BCUT2D eigenvalue weighted by Gasteiger charge is -2.27. The number of carboxylic acid groups (broad SMARTS) is 2. The lowest BCUT2D eigenvalue weighted by molar-refractivity contribution is -0.193. The average Bonchev–Trinajstić information content (AvgIpc) is 3.14. The summed E-state index contributed by atoms with van der Waals surface area (Å²) in [5, 5.41) is 23.3. The van der Waals surface area contributed by atoms with Gasteiger partial charge in [-0.15, -0.1) is 0 Å². The third-order valence-electron chi connectivity index (χ3n) is 7.84. The van der Waals surface area contributed by atoms with Crippen molar-refractivity contribution in [2.24, 2.45) is 0 Å². The van der Waals surface area contributed by atoms with Gasteiger partial charge in [0.05, 0.1) is 19.3 Å². The summed E-state index contributed by atoms with van der Waals surface area (Å²) >= 11 is 0. The van der Waals surface area contributed by atoms with E-state index in [1.54, 1.807) is 17.9 Å². The smallest absolute Gasteiger partial charge is 0.475 e. The van der Waals surface area contributed by atoms with Gasteiger partial charge < -0.3 is 41.5 Å². The zero-order valence-electron chi connectivity index (χ0n) is 30.2. The summed E-state index contributed by atoms with van der Waals surface area (Å²) in [5.74, 6) is -5.64. The number of rotatable bonds is 12. The standard InChI is InChI=1S/C32H40N6O4.2C2HF3O2/c1-22-27(13-15-29(33)36-22)21-35-30(39)23(2)37-31(40)28(14-10-24-6-4-3-5-7-24)34-20-25-8-11-26(12-9-25)32(41)38-16-18-42-19-17-38;2*3-2(4,5)1(6)7/h3-9,11-13,15,23,28,34H,10,14,16-21H2,1-2H3,(H2,33,36)(H,35,39)(H,37,40);2*(H,6,7)/t23-,28+;;/m0../s1. The van der Waals surface area contributed by atoms with E-state index >= 15 is 0 Å². The van der Waals surface area contributed by atoms with Crippen LogP contribution in [0.4, 0.5) is 32.2 Å². The molecule has 0 unspecified atom stereocenters. The number of nitrogens with two attached hydrogens (primary N) is 1. The number of hydrogen-bond acceptors (Lipinski definition) is 9. The molecule has 14 nitrogen and oxygen atoms in total. The number of aryl methyl sites for hydroxylation is 2. The van der Waals surface area contributed by atoms with Crippen LogP contribution in [0.5, 0.6) is 0 Å². The van der Waals surface area contributed by atoms with Crippen LogP contribution in [-0.4, -0.2) is 100 Å². The number of hydrogen-bond donors (Lipinski definition) is 6. The van der Waals surface area contributed by atoms with Crippen LogP contribution in [-0.2, 0) is 43.4 Å². The first-order chi connectivity index (χ1) is 26.2. The molecule has 0 spiro atoms. The molecule has 0 bridgehead atoms. The van der Waals surface area contributed by atoms with E-state index in [4.69, 9.17) is 30.3 Å². The van der Waals surface area contributed by atoms with E-state index in [0.29, 0.717) is 57.1 Å². The van der Waals surface area contributed by atoms with Gasteiger partial charge in [-0.1, -0.05) is 48.5 Å². The van der Waals surface area contributed by atoms with Crippen molar-refractivity contribution in [1.29, 1.82) is 0 Å². The fourth-order valence-electron chi connectivity index (χ4n) is 4.75. The summed E-state index contributed by atoms with van der Waals surface area (Å²) in [4.78, 5) is 62.7. The molecule has 1 fully saturated rings. The SMILES string of the molecule is Cc1nc(N)ccc1CNC(=O)[C@H](C)NC(=O)[C@@H](CCc1ccccc1)NCc1ccc(C(=O)N2CCOCC2)cc1.O=C(O)C(F)(F)F.O=C(O)C(F)(F)F. The van der Waals surface area contributed by atoms with E-state index in [1.165, 1.54) is 0 Å². The highest BCUT2D eigenvalue weighted by molar-refractivity contribution is 5.94. The number of ether oxygens (including phenoxy) is 1. The predicted octanol–water partition coefficient (Wildman–Crippen LogP) is 3.62. The number of alkyl halides is 6. The second-order valence-electron chi connectivity index (χ2n) is 12.1. The zero-order chi connectivity index (χ0) is 42.1. The topological polar surface area (TPSA) is 213 Å². The van der Waals surface area contributed by atoms with Crippen LogP contribution in [0.25, 0.3) is 0 Å². The molecular weight excluding hydrogens is 758 g/mol. The Kier molecular flexibility index (Phi) is 18.2. The predicted molar refractivity (Wildman–Crippen MR) is 189 cm³/mol. The summed E-state index contributed by atoms with van der Waals surface area (Å²) in [5.41, 5.74) is 10.0. The largest absolute Gasteiger partial charge is 0.490 e. The number of nitrogen functional groups attached to an aromatic ring is 1. The number of carbonyl (C=O) groups is 5. The first kappa shape index (κ1) is 46.4. The van der Waals surface area contributed by atoms with Crippen molar-refractivity contribution < 1.29 is 65.3 Å². The van der Waals surface area contributed by atoms with Crippen molar-refractivity contribution in [2.75, 3.05) is 32.0 Å². The maximum Gasteiger partial charge on any atom is 0.490 e. The Labute approximate surface area is 317 Å². The number of carboxylic acids is 2.